The number of nitrogens with zero attached hydrogens (tertiary/aromatic N) is 1. The molecule has 4 saturated carbocycles. The lowest BCUT2D eigenvalue weighted by Gasteiger charge is -2.64. The van der Waals surface area contributed by atoms with Gasteiger partial charge in [0.1, 0.15) is 5.60 Å². The third-order valence-corrected chi connectivity index (χ3v) is 10.8. The maximum absolute atomic E-state index is 12.9. The molecule has 1 saturated heterocycles. The fraction of sp³-hybridized carbons (Fsp3) is 0.792. The Morgan fingerprint density at radius 2 is 1.90 bits per heavy atom. The normalized spacial score (nSPS) is 56.0. The van der Waals surface area contributed by atoms with E-state index in [4.69, 9.17) is 10.5 Å². The molecule has 6 heteroatoms. The van der Waals surface area contributed by atoms with Gasteiger partial charge in [-0.15, -0.1) is 0 Å². The van der Waals surface area contributed by atoms with E-state index in [0.29, 0.717) is 43.4 Å². The number of nitrogens with two attached hydrogens (primary N) is 1. The highest BCUT2D eigenvalue weighted by Gasteiger charge is 2.76. The molecule has 160 valence electrons. The lowest BCUT2D eigenvalue weighted by Crippen LogP contribution is -2.64. The molecule has 6 nitrogen and oxygen atoms in total. The monoisotopic (exact) mass is 410 g/mol. The summed E-state index contributed by atoms with van der Waals surface area (Å²) < 4.78 is 5.99. The van der Waals surface area contributed by atoms with E-state index in [0.717, 1.165) is 19.3 Å². The van der Waals surface area contributed by atoms with Crippen LogP contribution in [-0.2, 0) is 14.3 Å². The van der Waals surface area contributed by atoms with Gasteiger partial charge < -0.3 is 15.6 Å². The highest BCUT2D eigenvalue weighted by molar-refractivity contribution is 6.00. The molecule has 9 atom stereocenters. The summed E-state index contributed by atoms with van der Waals surface area (Å²) in [4.78, 5) is 25.0. The molecule has 1 spiro atoms. The van der Waals surface area contributed by atoms with Crippen molar-refractivity contribution in [3.63, 3.8) is 0 Å². The number of fused-ring (bicyclic) bond motifs is 7. The van der Waals surface area contributed by atoms with Crippen molar-refractivity contribution in [1.29, 1.82) is 5.26 Å². The second-order valence-electron chi connectivity index (χ2n) is 11.4. The molecule has 5 aliphatic carbocycles. The fourth-order valence-electron chi connectivity index (χ4n) is 9.56. The number of aliphatic hydroxyl groups excluding tert-OH is 1. The molecule has 1 unspecified atom stereocenters. The number of ether oxygens (including phenoxy) is 1. The highest BCUT2D eigenvalue weighted by Crippen LogP contribution is 2.76. The average molecular weight is 411 g/mol. The summed E-state index contributed by atoms with van der Waals surface area (Å²) in [6, 6.07) is 2.55. The zero-order valence-corrected chi connectivity index (χ0v) is 17.7. The predicted molar refractivity (Wildman–Crippen MR) is 106 cm³/mol. The largest absolute Gasteiger partial charge is 0.458 e. The Morgan fingerprint density at radius 3 is 2.57 bits per heavy atom. The van der Waals surface area contributed by atoms with Crippen molar-refractivity contribution in [3.8, 4) is 6.07 Å². The first-order chi connectivity index (χ1) is 14.1. The maximum atomic E-state index is 12.9. The standard InChI is InChI=1S/C24H30N2O4/c1-21-6-4-14(27)19-20(26)12(9-23(19,21)11-25)17-13-3-7-24(8-5-16(29)30-24)22(13,2)10-15(28)18(17)21/h12-13,15,17-18,28H,3-10,26H2,1-2H3/t12-,13+,15-,17+,18+,21-,22+,23?,24-/m1/s1. The first-order valence-corrected chi connectivity index (χ1v) is 11.5. The van der Waals surface area contributed by atoms with Crippen molar-refractivity contribution in [3.05, 3.63) is 11.3 Å². The second-order valence-corrected chi connectivity index (χ2v) is 11.4. The van der Waals surface area contributed by atoms with Crippen LogP contribution in [-0.4, -0.2) is 28.6 Å². The van der Waals surface area contributed by atoms with E-state index < -0.39 is 22.5 Å². The van der Waals surface area contributed by atoms with Crippen molar-refractivity contribution < 1.29 is 19.4 Å². The van der Waals surface area contributed by atoms with Crippen molar-refractivity contribution >= 4 is 11.8 Å². The number of nitriles is 1. The molecule has 0 aromatic heterocycles. The van der Waals surface area contributed by atoms with Gasteiger partial charge in [0.2, 0.25) is 0 Å². The molecule has 3 N–H and O–H groups in total. The van der Waals surface area contributed by atoms with Crippen LogP contribution in [0, 0.1) is 51.2 Å². The van der Waals surface area contributed by atoms with Crippen LogP contribution in [0.2, 0.25) is 0 Å². The zero-order chi connectivity index (χ0) is 21.3. The fourth-order valence-corrected chi connectivity index (χ4v) is 9.56. The van der Waals surface area contributed by atoms with Gasteiger partial charge in [0.25, 0.3) is 0 Å². The third kappa shape index (κ3) is 1.71. The first-order valence-electron chi connectivity index (χ1n) is 11.5. The lowest BCUT2D eigenvalue weighted by atomic mass is 9.39. The summed E-state index contributed by atoms with van der Waals surface area (Å²) in [7, 11) is 0. The van der Waals surface area contributed by atoms with Gasteiger partial charge in [0, 0.05) is 35.4 Å². The molecule has 30 heavy (non-hydrogen) atoms. The number of ketones is 1. The van der Waals surface area contributed by atoms with Gasteiger partial charge in [0.05, 0.1) is 17.6 Å². The SMILES string of the molecule is C[C@]12C[C@@H](O)[C@H]3[C@@H]([C@H]4CC5(C#N)C(=C4N)C(=O)CC[C@]35C)[C@@H]1CC[C@@]21CCC(=O)O1. The van der Waals surface area contributed by atoms with E-state index in [9.17, 15) is 20.0 Å². The van der Waals surface area contributed by atoms with Crippen LogP contribution in [0.25, 0.3) is 0 Å². The van der Waals surface area contributed by atoms with E-state index in [2.05, 4.69) is 19.9 Å². The molecule has 0 aromatic carbocycles. The van der Waals surface area contributed by atoms with E-state index in [1.807, 2.05) is 0 Å². The molecule has 1 aliphatic heterocycles. The number of esters is 1. The lowest BCUT2D eigenvalue weighted by molar-refractivity contribution is -0.209. The average Bonchev–Trinajstić information content (AvgIpc) is 3.31. The molecule has 0 amide bonds. The molecular formula is C24H30N2O4. The van der Waals surface area contributed by atoms with Gasteiger partial charge in [-0.1, -0.05) is 13.8 Å². The van der Waals surface area contributed by atoms with Crippen LogP contribution >= 0.6 is 0 Å². The minimum atomic E-state index is -0.872. The Balaban J connectivity index is 1.53. The predicted octanol–water partition coefficient (Wildman–Crippen LogP) is 2.60. The second kappa shape index (κ2) is 5.30. The Morgan fingerprint density at radius 1 is 1.13 bits per heavy atom. The van der Waals surface area contributed by atoms with Crippen LogP contribution in [0.1, 0.15) is 65.2 Å². The number of allylic oxidation sites excluding steroid dienone is 2. The summed E-state index contributed by atoms with van der Waals surface area (Å²) in [5, 5.41) is 22.0. The summed E-state index contributed by atoms with van der Waals surface area (Å²) >= 11 is 0. The molecule has 6 rings (SSSR count). The Hall–Kier alpha value is -1.87. The number of hydrogen-bond donors (Lipinski definition) is 2. The first kappa shape index (κ1) is 18.9. The summed E-state index contributed by atoms with van der Waals surface area (Å²) in [5.41, 5.74) is 5.72. The summed E-state index contributed by atoms with van der Waals surface area (Å²) in [6.45, 7) is 4.33. The van der Waals surface area contributed by atoms with Crippen LogP contribution in [0.3, 0.4) is 0 Å². The van der Waals surface area contributed by atoms with Crippen LogP contribution < -0.4 is 5.73 Å². The number of hydrogen-bond acceptors (Lipinski definition) is 6. The van der Waals surface area contributed by atoms with Crippen LogP contribution in [0.15, 0.2) is 11.3 Å². The molecule has 1 heterocycles. The van der Waals surface area contributed by atoms with Gasteiger partial charge in [-0.05, 0) is 61.7 Å². The van der Waals surface area contributed by atoms with E-state index >= 15 is 0 Å². The van der Waals surface area contributed by atoms with Gasteiger partial charge in [0.15, 0.2) is 5.78 Å². The Labute approximate surface area is 176 Å². The van der Waals surface area contributed by atoms with Crippen LogP contribution in [0.4, 0.5) is 0 Å². The minimum Gasteiger partial charge on any atom is -0.458 e. The Kier molecular flexibility index (Phi) is 3.33. The quantitative estimate of drug-likeness (QED) is 0.594. The molecule has 0 radical (unpaired) electrons. The smallest absolute Gasteiger partial charge is 0.306 e. The van der Waals surface area contributed by atoms with E-state index in [-0.39, 0.29) is 40.8 Å². The molecule has 0 aromatic rings. The van der Waals surface area contributed by atoms with E-state index in [1.54, 1.807) is 0 Å². The third-order valence-electron chi connectivity index (χ3n) is 10.8. The molecule has 5 fully saturated rings. The van der Waals surface area contributed by atoms with Gasteiger partial charge in [-0.3, -0.25) is 9.59 Å². The molecule has 2 bridgehead atoms. The zero-order valence-electron chi connectivity index (χ0n) is 17.7. The maximum Gasteiger partial charge on any atom is 0.306 e. The topological polar surface area (TPSA) is 113 Å². The van der Waals surface area contributed by atoms with Crippen molar-refractivity contribution in [1.82, 2.24) is 0 Å². The van der Waals surface area contributed by atoms with Crippen molar-refractivity contribution in [2.45, 2.75) is 76.9 Å². The number of rotatable bonds is 0. The van der Waals surface area contributed by atoms with Crippen molar-refractivity contribution in [2.75, 3.05) is 0 Å². The van der Waals surface area contributed by atoms with Crippen molar-refractivity contribution in [2.24, 2.45) is 45.7 Å². The number of carbonyl (C=O) groups excluding carboxylic acids is 2. The van der Waals surface area contributed by atoms with E-state index in [1.165, 1.54) is 0 Å². The van der Waals surface area contributed by atoms with Crippen LogP contribution in [0.5, 0.6) is 0 Å². The number of carbonyl (C=O) groups is 2. The Bertz CT molecular complexity index is 967. The summed E-state index contributed by atoms with van der Waals surface area (Å²) in [5.74, 6) is 0.169. The molecular weight excluding hydrogens is 380 g/mol. The minimum absolute atomic E-state index is 0.0255. The molecule has 6 aliphatic rings. The summed E-state index contributed by atoms with van der Waals surface area (Å²) in [6.07, 6.45) is 4.57. The van der Waals surface area contributed by atoms with Gasteiger partial charge >= 0.3 is 5.97 Å². The number of aliphatic hydroxyl groups is 1. The van der Waals surface area contributed by atoms with Gasteiger partial charge in [-0.2, -0.15) is 5.26 Å². The number of Topliss-reactive ketones (excluding diaryl/α,β-unsaturated/α-hetero) is 1. The highest BCUT2D eigenvalue weighted by atomic mass is 16.6. The van der Waals surface area contributed by atoms with Gasteiger partial charge in [-0.25, -0.2) is 0 Å².